The van der Waals surface area contributed by atoms with Gasteiger partial charge in [0.15, 0.2) is 0 Å². The van der Waals surface area contributed by atoms with E-state index in [-0.39, 0.29) is 11.7 Å². The van der Waals surface area contributed by atoms with Crippen molar-refractivity contribution in [1.29, 1.82) is 0 Å². The van der Waals surface area contributed by atoms with Crippen molar-refractivity contribution in [2.45, 2.75) is 13.3 Å². The molecule has 0 saturated heterocycles. The Morgan fingerprint density at radius 2 is 1.83 bits per heavy atom. The maximum absolute atomic E-state index is 13.0. The van der Waals surface area contributed by atoms with Crippen molar-refractivity contribution in [2.24, 2.45) is 0 Å². The standard InChI is InChI=1S/C19H17FN2O2/c1-13-17(11-12-21-18(23)14-5-3-2-4-6-14)22-19(24-13)15-7-9-16(20)10-8-15/h2-10H,11-12H2,1H3,(H,21,23). The molecule has 1 amide bonds. The van der Waals surface area contributed by atoms with E-state index in [4.69, 9.17) is 4.42 Å². The van der Waals surface area contributed by atoms with Gasteiger partial charge in [-0.3, -0.25) is 4.79 Å². The number of aromatic nitrogens is 1. The average Bonchev–Trinajstić information content (AvgIpc) is 2.97. The van der Waals surface area contributed by atoms with Gasteiger partial charge in [0, 0.05) is 24.1 Å². The summed E-state index contributed by atoms with van der Waals surface area (Å²) in [4.78, 5) is 16.4. The van der Waals surface area contributed by atoms with Crippen molar-refractivity contribution < 1.29 is 13.6 Å². The van der Waals surface area contributed by atoms with E-state index in [9.17, 15) is 9.18 Å². The Bertz CT molecular complexity index is 826. The van der Waals surface area contributed by atoms with E-state index in [0.717, 1.165) is 11.3 Å². The average molecular weight is 324 g/mol. The number of benzene rings is 2. The van der Waals surface area contributed by atoms with Crippen LogP contribution in [-0.2, 0) is 6.42 Å². The minimum absolute atomic E-state index is 0.115. The molecular weight excluding hydrogens is 307 g/mol. The molecule has 2 aromatic carbocycles. The smallest absolute Gasteiger partial charge is 0.251 e. The topological polar surface area (TPSA) is 55.1 Å². The summed E-state index contributed by atoms with van der Waals surface area (Å²) in [7, 11) is 0. The Morgan fingerprint density at radius 1 is 1.12 bits per heavy atom. The van der Waals surface area contributed by atoms with Gasteiger partial charge in [0.25, 0.3) is 5.91 Å². The zero-order valence-electron chi connectivity index (χ0n) is 13.3. The van der Waals surface area contributed by atoms with Gasteiger partial charge < -0.3 is 9.73 Å². The van der Waals surface area contributed by atoms with Crippen LogP contribution in [-0.4, -0.2) is 17.4 Å². The molecule has 0 spiro atoms. The first-order valence-corrected chi connectivity index (χ1v) is 7.69. The highest BCUT2D eigenvalue weighted by Crippen LogP contribution is 2.22. The zero-order valence-corrected chi connectivity index (χ0v) is 13.3. The van der Waals surface area contributed by atoms with E-state index in [0.29, 0.717) is 30.2 Å². The number of oxazole rings is 1. The number of nitrogens with one attached hydrogen (secondary N) is 1. The van der Waals surface area contributed by atoms with Crippen molar-refractivity contribution in [1.82, 2.24) is 10.3 Å². The number of halogens is 1. The van der Waals surface area contributed by atoms with Crippen LogP contribution in [0.25, 0.3) is 11.5 Å². The second-order valence-electron chi connectivity index (χ2n) is 5.40. The molecule has 1 heterocycles. The van der Waals surface area contributed by atoms with E-state index in [1.54, 1.807) is 24.3 Å². The van der Waals surface area contributed by atoms with Crippen molar-refractivity contribution in [3.63, 3.8) is 0 Å². The molecule has 122 valence electrons. The Morgan fingerprint density at radius 3 is 2.54 bits per heavy atom. The Kier molecular flexibility index (Phi) is 4.70. The predicted octanol–water partition coefficient (Wildman–Crippen LogP) is 3.76. The molecule has 4 nitrogen and oxygen atoms in total. The maximum Gasteiger partial charge on any atom is 0.251 e. The number of rotatable bonds is 5. The fourth-order valence-electron chi connectivity index (χ4n) is 2.36. The number of hydrogen-bond acceptors (Lipinski definition) is 3. The van der Waals surface area contributed by atoms with Crippen LogP contribution in [0.2, 0.25) is 0 Å². The first kappa shape index (κ1) is 15.9. The lowest BCUT2D eigenvalue weighted by molar-refractivity contribution is 0.0954. The van der Waals surface area contributed by atoms with E-state index >= 15 is 0 Å². The Labute approximate surface area is 139 Å². The van der Waals surface area contributed by atoms with E-state index in [1.165, 1.54) is 12.1 Å². The lowest BCUT2D eigenvalue weighted by atomic mass is 10.2. The fraction of sp³-hybridized carbons (Fsp3) is 0.158. The van der Waals surface area contributed by atoms with Crippen LogP contribution in [0.4, 0.5) is 4.39 Å². The highest BCUT2D eigenvalue weighted by Gasteiger charge is 2.12. The predicted molar refractivity (Wildman–Crippen MR) is 89.1 cm³/mol. The maximum atomic E-state index is 13.0. The molecule has 0 atom stereocenters. The molecule has 3 rings (SSSR count). The van der Waals surface area contributed by atoms with Crippen LogP contribution in [0.1, 0.15) is 21.8 Å². The summed E-state index contributed by atoms with van der Waals surface area (Å²) in [6.45, 7) is 2.29. The summed E-state index contributed by atoms with van der Waals surface area (Å²) in [6.07, 6.45) is 0.565. The molecule has 0 bridgehead atoms. The summed E-state index contributed by atoms with van der Waals surface area (Å²) in [5, 5.41) is 2.86. The number of nitrogens with zero attached hydrogens (tertiary/aromatic N) is 1. The molecule has 0 aliphatic heterocycles. The molecule has 24 heavy (non-hydrogen) atoms. The van der Waals surface area contributed by atoms with Gasteiger partial charge in [-0.15, -0.1) is 0 Å². The van der Waals surface area contributed by atoms with Crippen LogP contribution in [0.5, 0.6) is 0 Å². The first-order valence-electron chi connectivity index (χ1n) is 7.69. The minimum atomic E-state index is -0.300. The van der Waals surface area contributed by atoms with Crippen molar-refractivity contribution in [3.8, 4) is 11.5 Å². The second kappa shape index (κ2) is 7.08. The number of amides is 1. The largest absolute Gasteiger partial charge is 0.441 e. The summed E-state index contributed by atoms with van der Waals surface area (Å²) >= 11 is 0. The van der Waals surface area contributed by atoms with Gasteiger partial charge in [-0.2, -0.15) is 0 Å². The number of hydrogen-bond donors (Lipinski definition) is 1. The summed E-state index contributed by atoms with van der Waals surface area (Å²) < 4.78 is 18.6. The highest BCUT2D eigenvalue weighted by atomic mass is 19.1. The van der Waals surface area contributed by atoms with Crippen LogP contribution >= 0.6 is 0 Å². The first-order chi connectivity index (χ1) is 11.6. The highest BCUT2D eigenvalue weighted by molar-refractivity contribution is 5.94. The molecule has 0 aliphatic carbocycles. The molecule has 0 unspecified atom stereocenters. The number of aryl methyl sites for hydroxylation is 1. The molecule has 0 fully saturated rings. The van der Waals surface area contributed by atoms with Gasteiger partial charge in [0.2, 0.25) is 5.89 Å². The number of carbonyl (C=O) groups is 1. The molecule has 5 heteroatoms. The molecule has 0 radical (unpaired) electrons. The molecular formula is C19H17FN2O2. The fourth-order valence-corrected chi connectivity index (χ4v) is 2.36. The normalized spacial score (nSPS) is 10.6. The molecule has 1 N–H and O–H groups in total. The van der Waals surface area contributed by atoms with Crippen LogP contribution in [0.15, 0.2) is 59.0 Å². The molecule has 3 aromatic rings. The van der Waals surface area contributed by atoms with E-state index < -0.39 is 0 Å². The van der Waals surface area contributed by atoms with Gasteiger partial charge in [0.05, 0.1) is 5.69 Å². The van der Waals surface area contributed by atoms with Gasteiger partial charge in [-0.25, -0.2) is 9.37 Å². The Hall–Kier alpha value is -2.95. The van der Waals surface area contributed by atoms with Gasteiger partial charge in [-0.05, 0) is 43.3 Å². The number of carbonyl (C=O) groups excluding carboxylic acids is 1. The lowest BCUT2D eigenvalue weighted by Gasteiger charge is -2.03. The van der Waals surface area contributed by atoms with Crippen molar-refractivity contribution >= 4 is 5.91 Å². The van der Waals surface area contributed by atoms with Gasteiger partial charge in [0.1, 0.15) is 11.6 Å². The minimum Gasteiger partial charge on any atom is -0.441 e. The zero-order chi connectivity index (χ0) is 16.9. The molecule has 1 aromatic heterocycles. The van der Waals surface area contributed by atoms with Gasteiger partial charge in [-0.1, -0.05) is 18.2 Å². The van der Waals surface area contributed by atoms with Crippen LogP contribution in [0.3, 0.4) is 0 Å². The third-order valence-electron chi connectivity index (χ3n) is 3.67. The third-order valence-corrected chi connectivity index (χ3v) is 3.67. The Balaban J connectivity index is 1.62. The van der Waals surface area contributed by atoms with E-state index in [2.05, 4.69) is 10.3 Å². The SMILES string of the molecule is Cc1oc(-c2ccc(F)cc2)nc1CCNC(=O)c1ccccc1. The van der Waals surface area contributed by atoms with Crippen LogP contribution in [0, 0.1) is 12.7 Å². The van der Waals surface area contributed by atoms with E-state index in [1.807, 2.05) is 25.1 Å². The summed E-state index contributed by atoms with van der Waals surface area (Å²) in [5.74, 6) is 0.738. The van der Waals surface area contributed by atoms with Crippen molar-refractivity contribution in [2.75, 3.05) is 6.54 Å². The van der Waals surface area contributed by atoms with Gasteiger partial charge >= 0.3 is 0 Å². The second-order valence-corrected chi connectivity index (χ2v) is 5.40. The lowest BCUT2D eigenvalue weighted by Crippen LogP contribution is -2.25. The van der Waals surface area contributed by atoms with Crippen LogP contribution < -0.4 is 5.32 Å². The molecule has 0 saturated carbocycles. The van der Waals surface area contributed by atoms with Crippen molar-refractivity contribution in [3.05, 3.63) is 77.4 Å². The monoisotopic (exact) mass is 324 g/mol. The third kappa shape index (κ3) is 3.68. The summed E-state index contributed by atoms with van der Waals surface area (Å²) in [6, 6.07) is 15.0. The molecule has 0 aliphatic rings. The summed E-state index contributed by atoms with van der Waals surface area (Å²) in [5.41, 5.74) is 2.13. The quantitative estimate of drug-likeness (QED) is 0.777.